The molecule has 2 N–H and O–H groups in total. The summed E-state index contributed by atoms with van der Waals surface area (Å²) >= 11 is 0. The molecule has 146 valence electrons. The van der Waals surface area contributed by atoms with E-state index in [1.165, 1.54) is 0 Å². The van der Waals surface area contributed by atoms with Crippen LogP contribution in [0.3, 0.4) is 0 Å². The molecule has 3 heterocycles. The molecule has 3 rings (SSSR count). The lowest BCUT2D eigenvalue weighted by Crippen LogP contribution is -2.44. The van der Waals surface area contributed by atoms with Crippen molar-refractivity contribution in [2.24, 2.45) is 5.92 Å². The number of amides is 2. The van der Waals surface area contributed by atoms with Gasteiger partial charge in [-0.2, -0.15) is 5.10 Å². The Morgan fingerprint density at radius 1 is 1.22 bits per heavy atom. The number of hydrogen-bond donors (Lipinski definition) is 2. The fraction of sp³-hybridized carbons (Fsp3) is 0.526. The number of nitrogens with zero attached hydrogens (tertiary/aromatic N) is 4. The number of nitrogens with one attached hydrogen (secondary N) is 2. The molecule has 1 aliphatic rings. The van der Waals surface area contributed by atoms with Gasteiger partial charge >= 0.3 is 6.03 Å². The molecule has 2 aromatic rings. The van der Waals surface area contributed by atoms with Crippen molar-refractivity contribution in [1.29, 1.82) is 0 Å². The van der Waals surface area contributed by atoms with Crippen LogP contribution in [-0.2, 0) is 11.3 Å². The van der Waals surface area contributed by atoms with Crippen molar-refractivity contribution in [2.75, 3.05) is 38.2 Å². The first-order valence-electron chi connectivity index (χ1n) is 9.43. The van der Waals surface area contributed by atoms with Gasteiger partial charge in [0.15, 0.2) is 0 Å². The molecular weight excluding hydrogens is 344 g/mol. The summed E-state index contributed by atoms with van der Waals surface area (Å²) in [6.45, 7) is 8.51. The van der Waals surface area contributed by atoms with Gasteiger partial charge in [0.1, 0.15) is 5.82 Å². The van der Waals surface area contributed by atoms with E-state index in [9.17, 15) is 4.79 Å². The maximum Gasteiger partial charge on any atom is 0.320 e. The first-order chi connectivity index (χ1) is 13.1. The van der Waals surface area contributed by atoms with E-state index in [-0.39, 0.29) is 12.1 Å². The van der Waals surface area contributed by atoms with Crippen LogP contribution in [0.4, 0.5) is 10.6 Å². The zero-order valence-electron chi connectivity index (χ0n) is 16.0. The van der Waals surface area contributed by atoms with E-state index in [1.807, 2.05) is 22.9 Å². The molecule has 1 atom stereocenters. The van der Waals surface area contributed by atoms with Crippen molar-refractivity contribution < 1.29 is 9.53 Å². The topological polar surface area (TPSA) is 84.3 Å². The summed E-state index contributed by atoms with van der Waals surface area (Å²) in [7, 11) is 0. The van der Waals surface area contributed by atoms with Crippen LogP contribution in [0.2, 0.25) is 0 Å². The van der Waals surface area contributed by atoms with Gasteiger partial charge < -0.3 is 10.1 Å². The smallest absolute Gasteiger partial charge is 0.320 e. The van der Waals surface area contributed by atoms with E-state index in [1.54, 1.807) is 18.5 Å². The monoisotopic (exact) mass is 372 g/mol. The standard InChI is InChI=1S/C19H28N6O2/c1-15(2)14-25-18(6-8-22-25)23-19(26)21-13-17(16-5-3-4-7-20-16)24-9-11-27-12-10-24/h3-8,15,17H,9-14H2,1-2H3,(H2,21,23,26). The second-order valence-corrected chi connectivity index (χ2v) is 7.05. The Labute approximate surface area is 159 Å². The van der Waals surface area contributed by atoms with Crippen molar-refractivity contribution in [3.63, 3.8) is 0 Å². The highest BCUT2D eigenvalue weighted by Gasteiger charge is 2.24. The molecule has 8 nitrogen and oxygen atoms in total. The molecule has 2 amide bonds. The molecule has 1 unspecified atom stereocenters. The van der Waals surface area contributed by atoms with Crippen LogP contribution in [-0.4, -0.2) is 58.5 Å². The van der Waals surface area contributed by atoms with Gasteiger partial charge in [-0.3, -0.25) is 15.2 Å². The number of hydrogen-bond acceptors (Lipinski definition) is 5. The van der Waals surface area contributed by atoms with Crippen LogP contribution >= 0.6 is 0 Å². The molecule has 2 aromatic heterocycles. The third-order valence-electron chi connectivity index (χ3n) is 4.47. The van der Waals surface area contributed by atoms with Crippen LogP contribution in [0.25, 0.3) is 0 Å². The molecule has 27 heavy (non-hydrogen) atoms. The average molecular weight is 372 g/mol. The Morgan fingerprint density at radius 3 is 2.74 bits per heavy atom. The van der Waals surface area contributed by atoms with Crippen molar-refractivity contribution in [1.82, 2.24) is 25.0 Å². The summed E-state index contributed by atoms with van der Waals surface area (Å²) in [4.78, 5) is 19.2. The fourth-order valence-corrected chi connectivity index (χ4v) is 3.16. The minimum atomic E-state index is -0.241. The Balaban J connectivity index is 1.61. The summed E-state index contributed by atoms with van der Waals surface area (Å²) in [5, 5.41) is 10.1. The summed E-state index contributed by atoms with van der Waals surface area (Å²) < 4.78 is 7.26. The highest BCUT2D eigenvalue weighted by Crippen LogP contribution is 2.19. The average Bonchev–Trinajstić information content (AvgIpc) is 3.09. The SMILES string of the molecule is CC(C)Cn1nccc1NC(=O)NCC(c1ccccn1)N1CCOCC1. The largest absolute Gasteiger partial charge is 0.379 e. The molecule has 0 aromatic carbocycles. The van der Waals surface area contributed by atoms with Crippen LogP contribution in [0.1, 0.15) is 25.6 Å². The van der Waals surface area contributed by atoms with Gasteiger partial charge in [0, 0.05) is 38.4 Å². The van der Waals surface area contributed by atoms with E-state index < -0.39 is 0 Å². The first kappa shape index (κ1) is 19.3. The molecule has 0 spiro atoms. The zero-order valence-corrected chi connectivity index (χ0v) is 16.0. The second kappa shape index (κ2) is 9.48. The van der Waals surface area contributed by atoms with E-state index in [0.717, 1.165) is 25.3 Å². The molecule has 0 radical (unpaired) electrons. The van der Waals surface area contributed by atoms with Gasteiger partial charge in [-0.1, -0.05) is 19.9 Å². The number of pyridine rings is 1. The van der Waals surface area contributed by atoms with Crippen molar-refractivity contribution in [3.05, 3.63) is 42.4 Å². The van der Waals surface area contributed by atoms with E-state index in [4.69, 9.17) is 4.74 Å². The Morgan fingerprint density at radius 2 is 2.04 bits per heavy atom. The van der Waals surface area contributed by atoms with Crippen LogP contribution in [0, 0.1) is 5.92 Å². The molecule has 1 saturated heterocycles. The Hall–Kier alpha value is -2.45. The first-order valence-corrected chi connectivity index (χ1v) is 9.43. The van der Waals surface area contributed by atoms with Crippen LogP contribution in [0.15, 0.2) is 36.7 Å². The molecule has 1 aliphatic heterocycles. The third-order valence-corrected chi connectivity index (χ3v) is 4.47. The lowest BCUT2D eigenvalue weighted by Gasteiger charge is -2.34. The molecule has 0 aliphatic carbocycles. The van der Waals surface area contributed by atoms with Crippen molar-refractivity contribution in [3.8, 4) is 0 Å². The number of morpholine rings is 1. The molecular formula is C19H28N6O2. The molecule has 0 bridgehead atoms. The Kier molecular flexibility index (Phi) is 6.78. The van der Waals surface area contributed by atoms with Gasteiger partial charge in [-0.25, -0.2) is 9.48 Å². The number of urea groups is 1. The number of anilines is 1. The number of carbonyl (C=O) groups is 1. The van der Waals surface area contributed by atoms with Gasteiger partial charge in [0.2, 0.25) is 0 Å². The number of rotatable bonds is 7. The summed E-state index contributed by atoms with van der Waals surface area (Å²) in [5.74, 6) is 1.14. The molecule has 0 saturated carbocycles. The van der Waals surface area contributed by atoms with E-state index in [2.05, 4.69) is 39.5 Å². The van der Waals surface area contributed by atoms with E-state index in [0.29, 0.717) is 31.5 Å². The number of ether oxygens (including phenoxy) is 1. The van der Waals surface area contributed by atoms with E-state index >= 15 is 0 Å². The second-order valence-electron chi connectivity index (χ2n) is 7.05. The van der Waals surface area contributed by atoms with Gasteiger partial charge in [0.05, 0.1) is 31.1 Å². The summed E-state index contributed by atoms with van der Waals surface area (Å²) in [6.07, 6.45) is 3.48. The summed E-state index contributed by atoms with van der Waals surface area (Å²) in [5.41, 5.74) is 0.949. The fourth-order valence-electron chi connectivity index (χ4n) is 3.16. The highest BCUT2D eigenvalue weighted by molar-refractivity contribution is 5.88. The lowest BCUT2D eigenvalue weighted by molar-refractivity contribution is 0.0159. The van der Waals surface area contributed by atoms with Crippen molar-refractivity contribution >= 4 is 11.8 Å². The van der Waals surface area contributed by atoms with Gasteiger partial charge in [-0.05, 0) is 18.1 Å². The zero-order chi connectivity index (χ0) is 19.1. The van der Waals surface area contributed by atoms with Crippen LogP contribution in [0.5, 0.6) is 0 Å². The quantitative estimate of drug-likeness (QED) is 0.778. The normalized spacial score (nSPS) is 16.3. The Bertz CT molecular complexity index is 712. The van der Waals surface area contributed by atoms with Crippen molar-refractivity contribution in [2.45, 2.75) is 26.4 Å². The maximum absolute atomic E-state index is 12.4. The number of carbonyl (C=O) groups excluding carboxylic acids is 1. The predicted molar refractivity (Wildman–Crippen MR) is 103 cm³/mol. The van der Waals surface area contributed by atoms with Crippen LogP contribution < -0.4 is 10.6 Å². The highest BCUT2D eigenvalue weighted by atomic mass is 16.5. The lowest BCUT2D eigenvalue weighted by atomic mass is 10.1. The predicted octanol–water partition coefficient (Wildman–Crippen LogP) is 2.13. The number of aromatic nitrogens is 3. The maximum atomic E-state index is 12.4. The minimum Gasteiger partial charge on any atom is -0.379 e. The van der Waals surface area contributed by atoms with Gasteiger partial charge in [0.25, 0.3) is 0 Å². The molecule has 8 heteroatoms. The van der Waals surface area contributed by atoms with Gasteiger partial charge in [-0.15, -0.1) is 0 Å². The minimum absolute atomic E-state index is 0.0152. The molecule has 1 fully saturated rings. The third kappa shape index (κ3) is 5.51. The summed E-state index contributed by atoms with van der Waals surface area (Å²) in [6, 6.07) is 7.45.